The summed E-state index contributed by atoms with van der Waals surface area (Å²) in [5, 5.41) is 0. The summed E-state index contributed by atoms with van der Waals surface area (Å²) in [6, 6.07) is 1.58. The summed E-state index contributed by atoms with van der Waals surface area (Å²) < 4.78 is 0. The molecule has 0 aromatic carbocycles. The van der Waals surface area contributed by atoms with Crippen LogP contribution in [0, 0.1) is 5.92 Å². The Kier molecular flexibility index (Phi) is 7.26. The molecule has 1 rings (SSSR count). The van der Waals surface area contributed by atoms with E-state index in [1.807, 2.05) is 13.8 Å². The Labute approximate surface area is 90.9 Å². The van der Waals surface area contributed by atoms with Gasteiger partial charge < -0.3 is 4.90 Å². The van der Waals surface area contributed by atoms with Crippen LogP contribution in [0.1, 0.15) is 60.3 Å². The predicted molar refractivity (Wildman–Crippen MR) is 65.7 cm³/mol. The van der Waals surface area contributed by atoms with Gasteiger partial charge in [-0.25, -0.2) is 0 Å². The largest absolute Gasteiger partial charge is 0.301 e. The second-order valence-electron chi connectivity index (χ2n) is 4.43. The molecule has 0 heterocycles. The van der Waals surface area contributed by atoms with Crippen LogP contribution < -0.4 is 0 Å². The molecule has 0 spiro atoms. The maximum Gasteiger partial charge on any atom is 0.0123 e. The van der Waals surface area contributed by atoms with Crippen molar-refractivity contribution in [1.29, 1.82) is 0 Å². The molecule has 0 aromatic heterocycles. The van der Waals surface area contributed by atoms with E-state index in [-0.39, 0.29) is 0 Å². The van der Waals surface area contributed by atoms with Gasteiger partial charge in [-0.3, -0.25) is 0 Å². The minimum Gasteiger partial charge on any atom is -0.301 e. The molecule has 1 nitrogen and oxygen atoms in total. The first kappa shape index (κ1) is 14.0. The van der Waals surface area contributed by atoms with Crippen LogP contribution in [0.25, 0.3) is 0 Å². The average Bonchev–Trinajstić information content (AvgIpc) is 2.67. The van der Waals surface area contributed by atoms with Gasteiger partial charge >= 0.3 is 0 Å². The van der Waals surface area contributed by atoms with Crippen LogP contribution in [0.4, 0.5) is 0 Å². The zero-order valence-electron chi connectivity index (χ0n) is 11.0. The quantitative estimate of drug-likeness (QED) is 0.665. The van der Waals surface area contributed by atoms with Crippen LogP contribution >= 0.6 is 0 Å². The fraction of sp³-hybridized carbons (Fsp3) is 1.00. The molecule has 0 aliphatic heterocycles. The zero-order valence-corrected chi connectivity index (χ0v) is 11.0. The van der Waals surface area contributed by atoms with Gasteiger partial charge in [0.25, 0.3) is 0 Å². The lowest BCUT2D eigenvalue weighted by Gasteiger charge is -2.32. The van der Waals surface area contributed by atoms with E-state index in [1.54, 1.807) is 0 Å². The van der Waals surface area contributed by atoms with Gasteiger partial charge in [-0.1, -0.05) is 33.6 Å². The molecule has 86 valence electrons. The Hall–Kier alpha value is -0.0400. The third-order valence-corrected chi connectivity index (χ3v) is 3.48. The molecule has 0 bridgehead atoms. The number of hydrogen-bond donors (Lipinski definition) is 0. The van der Waals surface area contributed by atoms with E-state index in [2.05, 4.69) is 32.7 Å². The lowest BCUT2D eigenvalue weighted by molar-refractivity contribution is 0.156. The smallest absolute Gasteiger partial charge is 0.0123 e. The molecule has 2 unspecified atom stereocenters. The molecule has 1 aliphatic carbocycles. The molecule has 1 fully saturated rings. The van der Waals surface area contributed by atoms with E-state index in [1.165, 1.54) is 25.7 Å². The topological polar surface area (TPSA) is 3.24 Å². The van der Waals surface area contributed by atoms with Crippen LogP contribution in [0.5, 0.6) is 0 Å². The van der Waals surface area contributed by atoms with E-state index in [0.29, 0.717) is 6.04 Å². The number of rotatable bonds is 3. The first-order valence-electron chi connectivity index (χ1n) is 6.38. The standard InChI is InChI=1S/C11H23N.C2H6/c1-5-10-7-6-8-11(10)12(4)9(2)3;1-2/h9-11H,5-8H2,1-4H3;1-2H3. The highest BCUT2D eigenvalue weighted by atomic mass is 15.2. The summed E-state index contributed by atoms with van der Waals surface area (Å²) in [4.78, 5) is 2.56. The van der Waals surface area contributed by atoms with Gasteiger partial charge in [0.05, 0.1) is 0 Å². The van der Waals surface area contributed by atoms with Gasteiger partial charge in [0, 0.05) is 12.1 Å². The highest BCUT2D eigenvalue weighted by molar-refractivity contribution is 4.84. The molecule has 0 aromatic rings. The zero-order chi connectivity index (χ0) is 11.1. The monoisotopic (exact) mass is 199 g/mol. The summed E-state index contributed by atoms with van der Waals surface area (Å²) in [6.07, 6.45) is 5.69. The van der Waals surface area contributed by atoms with Gasteiger partial charge in [-0.05, 0) is 39.7 Å². The van der Waals surface area contributed by atoms with E-state index in [0.717, 1.165) is 12.0 Å². The van der Waals surface area contributed by atoms with Crippen LogP contribution in [-0.4, -0.2) is 24.0 Å². The Morgan fingerprint density at radius 1 is 1.21 bits per heavy atom. The Balaban J connectivity index is 0.000000791. The molecule has 0 amide bonds. The van der Waals surface area contributed by atoms with Gasteiger partial charge in [0.15, 0.2) is 0 Å². The molecule has 0 radical (unpaired) electrons. The van der Waals surface area contributed by atoms with Crippen LogP contribution in [0.3, 0.4) is 0 Å². The SMILES string of the molecule is CC.CCC1CCCC1N(C)C(C)C. The fourth-order valence-electron chi connectivity index (χ4n) is 2.41. The van der Waals surface area contributed by atoms with Crippen molar-refractivity contribution < 1.29 is 0 Å². The van der Waals surface area contributed by atoms with Crippen molar-refractivity contribution in [3.8, 4) is 0 Å². The van der Waals surface area contributed by atoms with Crippen molar-refractivity contribution in [2.75, 3.05) is 7.05 Å². The van der Waals surface area contributed by atoms with E-state index >= 15 is 0 Å². The summed E-state index contributed by atoms with van der Waals surface area (Å²) in [7, 11) is 2.28. The molecule has 1 saturated carbocycles. The van der Waals surface area contributed by atoms with Crippen molar-refractivity contribution in [3.05, 3.63) is 0 Å². The van der Waals surface area contributed by atoms with Crippen molar-refractivity contribution in [1.82, 2.24) is 4.90 Å². The Bertz CT molecular complexity index is 131. The molecule has 0 saturated heterocycles. The summed E-state index contributed by atoms with van der Waals surface area (Å²) in [5.74, 6) is 0.970. The van der Waals surface area contributed by atoms with E-state index in [9.17, 15) is 0 Å². The Morgan fingerprint density at radius 2 is 1.79 bits per heavy atom. The lowest BCUT2D eigenvalue weighted by Crippen LogP contribution is -2.39. The first-order chi connectivity index (χ1) is 6.66. The van der Waals surface area contributed by atoms with Crippen LogP contribution in [0.2, 0.25) is 0 Å². The van der Waals surface area contributed by atoms with Crippen LogP contribution in [-0.2, 0) is 0 Å². The maximum absolute atomic E-state index is 2.56. The highest BCUT2D eigenvalue weighted by Gasteiger charge is 2.29. The predicted octanol–water partition coefficient (Wildman–Crippen LogP) is 3.93. The summed E-state index contributed by atoms with van der Waals surface area (Å²) >= 11 is 0. The average molecular weight is 199 g/mol. The normalized spacial score (nSPS) is 26.6. The molecular formula is C13H29N. The van der Waals surface area contributed by atoms with Crippen molar-refractivity contribution in [2.24, 2.45) is 5.92 Å². The first-order valence-corrected chi connectivity index (χ1v) is 6.38. The molecule has 0 N–H and O–H groups in total. The lowest BCUT2D eigenvalue weighted by atomic mass is 9.99. The number of hydrogen-bond acceptors (Lipinski definition) is 1. The summed E-state index contributed by atoms with van der Waals surface area (Å²) in [6.45, 7) is 10.9. The Morgan fingerprint density at radius 3 is 2.21 bits per heavy atom. The van der Waals surface area contributed by atoms with Gasteiger partial charge in [0.1, 0.15) is 0 Å². The van der Waals surface area contributed by atoms with Crippen LogP contribution in [0.15, 0.2) is 0 Å². The molecular weight excluding hydrogens is 170 g/mol. The second kappa shape index (κ2) is 7.28. The maximum atomic E-state index is 2.56. The molecule has 1 aliphatic rings. The molecule has 2 atom stereocenters. The minimum atomic E-state index is 0.710. The van der Waals surface area contributed by atoms with Gasteiger partial charge in [-0.15, -0.1) is 0 Å². The second-order valence-corrected chi connectivity index (χ2v) is 4.43. The van der Waals surface area contributed by atoms with Crippen molar-refractivity contribution >= 4 is 0 Å². The van der Waals surface area contributed by atoms with Crippen molar-refractivity contribution in [2.45, 2.75) is 72.4 Å². The van der Waals surface area contributed by atoms with E-state index < -0.39 is 0 Å². The summed E-state index contributed by atoms with van der Waals surface area (Å²) in [5.41, 5.74) is 0. The third-order valence-electron chi connectivity index (χ3n) is 3.48. The minimum absolute atomic E-state index is 0.710. The van der Waals surface area contributed by atoms with Gasteiger partial charge in [0.2, 0.25) is 0 Å². The highest BCUT2D eigenvalue weighted by Crippen LogP contribution is 2.32. The molecule has 14 heavy (non-hydrogen) atoms. The van der Waals surface area contributed by atoms with E-state index in [4.69, 9.17) is 0 Å². The van der Waals surface area contributed by atoms with Gasteiger partial charge in [-0.2, -0.15) is 0 Å². The number of nitrogens with zero attached hydrogens (tertiary/aromatic N) is 1. The molecule has 1 heteroatoms. The third kappa shape index (κ3) is 3.61. The fourth-order valence-corrected chi connectivity index (χ4v) is 2.41. The van der Waals surface area contributed by atoms with Crippen molar-refractivity contribution in [3.63, 3.8) is 0 Å².